The van der Waals surface area contributed by atoms with Crippen molar-refractivity contribution in [1.29, 1.82) is 0 Å². The fourth-order valence-corrected chi connectivity index (χ4v) is 6.38. The molecule has 0 radical (unpaired) electrons. The van der Waals surface area contributed by atoms with Crippen LogP contribution in [0.25, 0.3) is 0 Å². The first kappa shape index (κ1) is 22.8. The SMILES string of the molecule is BC1(B)Oc2cc(C)c(C3CCN(S(=O)(=O)c4cnn5c4OCCC5)CC3)cc2OC1(B)B. The number of hydrogen-bond donors (Lipinski definition) is 0. The molecular formula is C20H29B4N3O5S. The molecule has 1 aromatic carbocycles. The fourth-order valence-electron chi connectivity index (χ4n) is 4.84. The molecule has 1 fully saturated rings. The average molecular weight is 467 g/mol. The van der Waals surface area contributed by atoms with Crippen LogP contribution < -0.4 is 14.2 Å². The van der Waals surface area contributed by atoms with E-state index in [-0.39, 0.29) is 10.8 Å². The molecule has 3 aliphatic heterocycles. The summed E-state index contributed by atoms with van der Waals surface area (Å²) in [7, 11) is 4.52. The Morgan fingerprint density at radius 3 is 2.33 bits per heavy atom. The van der Waals surface area contributed by atoms with E-state index in [1.165, 1.54) is 11.8 Å². The van der Waals surface area contributed by atoms with E-state index in [0.29, 0.717) is 32.1 Å². The second kappa shape index (κ2) is 7.77. The lowest BCUT2D eigenvalue weighted by Crippen LogP contribution is -2.65. The quantitative estimate of drug-likeness (QED) is 0.494. The van der Waals surface area contributed by atoms with Crippen LogP contribution in [0.2, 0.25) is 0 Å². The molecule has 5 rings (SSSR count). The van der Waals surface area contributed by atoms with Crippen molar-refractivity contribution >= 4 is 41.4 Å². The Morgan fingerprint density at radius 2 is 1.67 bits per heavy atom. The summed E-state index contributed by atoms with van der Waals surface area (Å²) in [6.45, 7) is 4.22. The minimum Gasteiger partial charge on any atom is -0.499 e. The van der Waals surface area contributed by atoms with Gasteiger partial charge < -0.3 is 14.2 Å². The molecule has 0 amide bonds. The first-order valence-electron chi connectivity index (χ1n) is 11.7. The van der Waals surface area contributed by atoms with Crippen molar-refractivity contribution in [3.8, 4) is 17.4 Å². The molecule has 1 aromatic heterocycles. The number of rotatable bonds is 3. The maximum absolute atomic E-state index is 13.3. The van der Waals surface area contributed by atoms with Crippen LogP contribution in [-0.4, -0.2) is 84.4 Å². The lowest BCUT2D eigenvalue weighted by Gasteiger charge is -2.47. The number of aromatic nitrogens is 2. The second-order valence-electron chi connectivity index (χ2n) is 10.3. The number of sulfonamides is 1. The van der Waals surface area contributed by atoms with Gasteiger partial charge in [-0.25, -0.2) is 13.1 Å². The molecule has 8 nitrogen and oxygen atoms in total. The van der Waals surface area contributed by atoms with E-state index in [1.54, 1.807) is 8.99 Å². The van der Waals surface area contributed by atoms with Gasteiger partial charge >= 0.3 is 0 Å². The number of benzene rings is 1. The zero-order valence-electron chi connectivity index (χ0n) is 20.1. The summed E-state index contributed by atoms with van der Waals surface area (Å²) in [5, 5.41) is 3.31. The van der Waals surface area contributed by atoms with Crippen LogP contribution in [0.3, 0.4) is 0 Å². The Balaban J connectivity index is 1.34. The number of nitrogens with zero attached hydrogens (tertiary/aromatic N) is 3. The summed E-state index contributed by atoms with van der Waals surface area (Å²) < 4.78 is 48.1. The number of aryl methyl sites for hydroxylation is 2. The molecule has 172 valence electrons. The molecule has 0 spiro atoms. The highest BCUT2D eigenvalue weighted by Gasteiger charge is 2.45. The third kappa shape index (κ3) is 3.77. The number of fused-ring (bicyclic) bond motifs is 2. The number of piperidine rings is 1. The van der Waals surface area contributed by atoms with Crippen molar-refractivity contribution in [2.75, 3.05) is 19.7 Å². The van der Waals surface area contributed by atoms with E-state index in [0.717, 1.165) is 36.3 Å². The standard InChI is InChI=1S/C20H29B4N3O5S/c1-12-9-15-16(32-20(23,24)19(21,22)31-15)10-14(12)13-3-6-26(7-4-13)33(28,29)17-11-25-27-5-2-8-30-18(17)27/h9-11,13H,2-8,21-24H2,1H3. The number of ether oxygens (including phenoxy) is 3. The fraction of sp³-hybridized carbons (Fsp3) is 0.550. The van der Waals surface area contributed by atoms with E-state index in [1.807, 2.05) is 31.4 Å². The van der Waals surface area contributed by atoms with Gasteiger partial charge in [-0.05, 0) is 48.9 Å². The van der Waals surface area contributed by atoms with Crippen LogP contribution in [0.5, 0.6) is 17.4 Å². The van der Waals surface area contributed by atoms with Gasteiger partial charge in [0.15, 0.2) is 16.4 Å². The number of hydrogen-bond acceptors (Lipinski definition) is 6. The maximum atomic E-state index is 13.3. The normalized spacial score (nSPS) is 22.3. The Labute approximate surface area is 199 Å². The van der Waals surface area contributed by atoms with Crippen molar-refractivity contribution in [1.82, 2.24) is 14.1 Å². The summed E-state index contributed by atoms with van der Waals surface area (Å²) in [6, 6.07) is 4.15. The third-order valence-electron chi connectivity index (χ3n) is 7.54. The van der Waals surface area contributed by atoms with E-state index in [4.69, 9.17) is 14.2 Å². The minimum absolute atomic E-state index is 0.181. The summed E-state index contributed by atoms with van der Waals surface area (Å²) in [5.74, 6) is 2.17. The van der Waals surface area contributed by atoms with Gasteiger partial charge in [-0.2, -0.15) is 9.40 Å². The molecule has 3 aliphatic rings. The van der Waals surface area contributed by atoms with Crippen molar-refractivity contribution in [2.24, 2.45) is 0 Å². The van der Waals surface area contributed by atoms with Crippen LogP contribution in [0.4, 0.5) is 0 Å². The highest BCUT2D eigenvalue weighted by molar-refractivity contribution is 7.89. The summed E-state index contributed by atoms with van der Waals surface area (Å²) in [6.07, 6.45) is 3.76. The Morgan fingerprint density at radius 1 is 1.03 bits per heavy atom. The Hall–Kier alpha value is -2.00. The molecule has 0 unspecified atom stereocenters. The highest BCUT2D eigenvalue weighted by Crippen LogP contribution is 2.44. The first-order chi connectivity index (χ1) is 15.5. The van der Waals surface area contributed by atoms with Crippen LogP contribution >= 0.6 is 0 Å². The van der Waals surface area contributed by atoms with Gasteiger partial charge in [0, 0.05) is 26.1 Å². The van der Waals surface area contributed by atoms with Crippen LogP contribution in [0.1, 0.15) is 36.3 Å². The first-order valence-corrected chi connectivity index (χ1v) is 13.1. The van der Waals surface area contributed by atoms with Crippen LogP contribution in [0, 0.1) is 6.92 Å². The maximum Gasteiger partial charge on any atom is 0.250 e. The average Bonchev–Trinajstić information content (AvgIpc) is 3.19. The van der Waals surface area contributed by atoms with Gasteiger partial charge in [-0.15, -0.1) is 0 Å². The zero-order chi connectivity index (χ0) is 23.6. The summed E-state index contributed by atoms with van der Waals surface area (Å²) in [5.41, 5.74) is 2.35. The molecule has 0 bridgehead atoms. The predicted molar refractivity (Wildman–Crippen MR) is 135 cm³/mol. The molecule has 1 saturated heterocycles. The predicted octanol–water partition coefficient (Wildman–Crippen LogP) is -1.85. The van der Waals surface area contributed by atoms with Gasteiger partial charge in [0.25, 0.3) is 0 Å². The lowest BCUT2D eigenvalue weighted by atomic mass is 9.41. The molecular weight excluding hydrogens is 438 g/mol. The topological polar surface area (TPSA) is 82.9 Å². The highest BCUT2D eigenvalue weighted by atomic mass is 32.2. The van der Waals surface area contributed by atoms with E-state index in [2.05, 4.69) is 24.2 Å². The van der Waals surface area contributed by atoms with Crippen LogP contribution in [0.15, 0.2) is 23.2 Å². The van der Waals surface area contributed by atoms with E-state index in [9.17, 15) is 8.42 Å². The van der Waals surface area contributed by atoms with Crippen molar-refractivity contribution in [3.05, 3.63) is 29.5 Å². The van der Waals surface area contributed by atoms with Gasteiger partial charge in [-0.3, -0.25) is 0 Å². The minimum atomic E-state index is -3.64. The molecule has 0 atom stereocenters. The van der Waals surface area contributed by atoms with E-state index < -0.39 is 20.8 Å². The molecule has 0 aliphatic carbocycles. The molecule has 13 heteroatoms. The van der Waals surface area contributed by atoms with Crippen molar-refractivity contribution in [2.45, 2.75) is 54.3 Å². The Kier molecular flexibility index (Phi) is 5.36. The summed E-state index contributed by atoms with van der Waals surface area (Å²) in [4.78, 5) is 0.181. The Bertz CT molecular complexity index is 1190. The van der Waals surface area contributed by atoms with Gasteiger partial charge in [-0.1, -0.05) is 0 Å². The lowest BCUT2D eigenvalue weighted by molar-refractivity contribution is 0.0615. The molecule has 33 heavy (non-hydrogen) atoms. The molecule has 0 saturated carbocycles. The van der Waals surface area contributed by atoms with Gasteiger partial charge in [0.05, 0.1) is 23.6 Å². The third-order valence-corrected chi connectivity index (χ3v) is 9.42. The second-order valence-corrected chi connectivity index (χ2v) is 12.2. The van der Waals surface area contributed by atoms with Crippen molar-refractivity contribution < 1.29 is 22.6 Å². The molecule has 0 N–H and O–H groups in total. The van der Waals surface area contributed by atoms with Crippen molar-refractivity contribution in [3.63, 3.8) is 0 Å². The summed E-state index contributed by atoms with van der Waals surface area (Å²) >= 11 is 0. The van der Waals surface area contributed by atoms with Crippen LogP contribution in [-0.2, 0) is 16.6 Å². The monoisotopic (exact) mass is 467 g/mol. The van der Waals surface area contributed by atoms with E-state index >= 15 is 0 Å². The zero-order valence-corrected chi connectivity index (χ0v) is 20.9. The molecule has 4 heterocycles. The van der Waals surface area contributed by atoms with Gasteiger partial charge in [0.2, 0.25) is 15.9 Å². The largest absolute Gasteiger partial charge is 0.499 e. The van der Waals surface area contributed by atoms with Gasteiger partial charge in [0.1, 0.15) is 31.4 Å². The molecule has 2 aromatic rings. The smallest absolute Gasteiger partial charge is 0.250 e.